The van der Waals surface area contributed by atoms with E-state index in [1.54, 1.807) is 24.3 Å². The molecular weight excluding hydrogens is 212 g/mol. The summed E-state index contributed by atoms with van der Waals surface area (Å²) in [4.78, 5) is 21.0. The first-order valence-electron chi connectivity index (χ1n) is 6.30. The number of aldehydes is 1. The van der Waals surface area contributed by atoms with Gasteiger partial charge in [-0.2, -0.15) is 0 Å². The number of Topliss-reactive ketones (excluding diaryl/α,β-unsaturated/α-hetero) is 1. The Kier molecular flexibility index (Phi) is 20.9. The normalized spacial score (nSPS) is 7.00. The molecule has 0 heterocycles. The molecule has 0 atom stereocenters. The van der Waals surface area contributed by atoms with E-state index < -0.39 is 0 Å². The zero-order chi connectivity index (χ0) is 14.3. The van der Waals surface area contributed by atoms with Crippen LogP contribution in [-0.2, 0) is 0 Å². The SMILES string of the molecule is CC.CC.CC.CC(=O)c1ccc(C=O)cc1. The van der Waals surface area contributed by atoms with Crippen molar-refractivity contribution in [2.75, 3.05) is 0 Å². The molecule has 1 aromatic carbocycles. The molecule has 0 N–H and O–H groups in total. The van der Waals surface area contributed by atoms with Gasteiger partial charge in [-0.15, -0.1) is 0 Å². The summed E-state index contributed by atoms with van der Waals surface area (Å²) in [5.74, 6) is 0.0162. The maximum Gasteiger partial charge on any atom is 0.159 e. The fraction of sp³-hybridized carbons (Fsp3) is 0.467. The number of rotatable bonds is 2. The summed E-state index contributed by atoms with van der Waals surface area (Å²) in [5.41, 5.74) is 1.23. The molecule has 2 heteroatoms. The largest absolute Gasteiger partial charge is 0.298 e. The summed E-state index contributed by atoms with van der Waals surface area (Å²) in [6.07, 6.45) is 0.754. The van der Waals surface area contributed by atoms with E-state index in [0.29, 0.717) is 11.1 Å². The summed E-state index contributed by atoms with van der Waals surface area (Å²) < 4.78 is 0. The molecule has 0 fully saturated rings. The number of ketones is 1. The lowest BCUT2D eigenvalue weighted by atomic mass is 10.1. The average molecular weight is 238 g/mol. The van der Waals surface area contributed by atoms with Crippen LogP contribution in [0, 0.1) is 0 Å². The van der Waals surface area contributed by atoms with Crippen molar-refractivity contribution in [3.05, 3.63) is 35.4 Å². The van der Waals surface area contributed by atoms with Gasteiger partial charge in [0.05, 0.1) is 0 Å². The molecule has 17 heavy (non-hydrogen) atoms. The molecule has 1 rings (SSSR count). The first-order chi connectivity index (χ1) is 8.24. The van der Waals surface area contributed by atoms with E-state index in [0.717, 1.165) is 6.29 Å². The van der Waals surface area contributed by atoms with Crippen LogP contribution in [0.4, 0.5) is 0 Å². The Balaban J connectivity index is -0.000000285. The zero-order valence-corrected chi connectivity index (χ0v) is 12.2. The summed E-state index contributed by atoms with van der Waals surface area (Å²) in [5, 5.41) is 0. The minimum atomic E-state index is 0.0162. The highest BCUT2D eigenvalue weighted by atomic mass is 16.1. The van der Waals surface area contributed by atoms with Crippen LogP contribution < -0.4 is 0 Å². The predicted molar refractivity (Wildman–Crippen MR) is 75.9 cm³/mol. The van der Waals surface area contributed by atoms with Crippen molar-refractivity contribution in [2.24, 2.45) is 0 Å². The van der Waals surface area contributed by atoms with Crippen LogP contribution in [0.2, 0.25) is 0 Å². The van der Waals surface area contributed by atoms with Crippen molar-refractivity contribution < 1.29 is 9.59 Å². The molecule has 0 aliphatic heterocycles. The summed E-state index contributed by atoms with van der Waals surface area (Å²) in [6.45, 7) is 13.5. The van der Waals surface area contributed by atoms with E-state index in [1.807, 2.05) is 41.5 Å². The van der Waals surface area contributed by atoms with Gasteiger partial charge in [0, 0.05) is 11.1 Å². The van der Waals surface area contributed by atoms with Crippen LogP contribution in [0.15, 0.2) is 24.3 Å². The van der Waals surface area contributed by atoms with Gasteiger partial charge in [0.2, 0.25) is 0 Å². The molecule has 0 spiro atoms. The highest BCUT2D eigenvalue weighted by molar-refractivity contribution is 5.94. The van der Waals surface area contributed by atoms with Crippen molar-refractivity contribution in [1.82, 2.24) is 0 Å². The summed E-state index contributed by atoms with van der Waals surface area (Å²) in [6, 6.07) is 6.55. The Bertz CT molecular complexity index is 273. The van der Waals surface area contributed by atoms with Crippen molar-refractivity contribution in [2.45, 2.75) is 48.5 Å². The summed E-state index contributed by atoms with van der Waals surface area (Å²) >= 11 is 0. The molecule has 0 saturated heterocycles. The number of carbonyl (C=O) groups is 2. The topological polar surface area (TPSA) is 34.1 Å². The van der Waals surface area contributed by atoms with Gasteiger partial charge in [-0.3, -0.25) is 9.59 Å². The van der Waals surface area contributed by atoms with E-state index in [2.05, 4.69) is 0 Å². The molecule has 0 aliphatic carbocycles. The third-order valence-corrected chi connectivity index (χ3v) is 1.45. The van der Waals surface area contributed by atoms with E-state index in [1.165, 1.54) is 6.92 Å². The number of hydrogen-bond acceptors (Lipinski definition) is 2. The molecule has 0 radical (unpaired) electrons. The second-order valence-corrected chi connectivity index (χ2v) is 2.30. The van der Waals surface area contributed by atoms with Crippen LogP contribution >= 0.6 is 0 Å². The second-order valence-electron chi connectivity index (χ2n) is 2.30. The number of benzene rings is 1. The lowest BCUT2D eigenvalue weighted by molar-refractivity contribution is 0.101. The first kappa shape index (κ1) is 20.9. The van der Waals surface area contributed by atoms with E-state index in [9.17, 15) is 9.59 Å². The van der Waals surface area contributed by atoms with Gasteiger partial charge in [-0.1, -0.05) is 65.8 Å². The molecule has 1 aromatic rings. The lowest BCUT2D eigenvalue weighted by Crippen LogP contribution is -1.91. The van der Waals surface area contributed by atoms with E-state index >= 15 is 0 Å². The highest BCUT2D eigenvalue weighted by Gasteiger charge is 1.96. The Hall–Kier alpha value is -1.44. The van der Waals surface area contributed by atoms with Crippen molar-refractivity contribution >= 4 is 12.1 Å². The fourth-order valence-electron chi connectivity index (χ4n) is 0.796. The number of carbonyl (C=O) groups excluding carboxylic acids is 2. The van der Waals surface area contributed by atoms with Gasteiger partial charge < -0.3 is 0 Å². The zero-order valence-electron chi connectivity index (χ0n) is 12.2. The van der Waals surface area contributed by atoms with Crippen LogP contribution in [0.3, 0.4) is 0 Å². The van der Waals surface area contributed by atoms with Gasteiger partial charge in [-0.05, 0) is 6.92 Å². The third kappa shape index (κ3) is 10.8. The van der Waals surface area contributed by atoms with E-state index in [-0.39, 0.29) is 5.78 Å². The van der Waals surface area contributed by atoms with Gasteiger partial charge in [0.15, 0.2) is 5.78 Å². The predicted octanol–water partition coefficient (Wildman–Crippen LogP) is 4.78. The van der Waals surface area contributed by atoms with Gasteiger partial charge >= 0.3 is 0 Å². The quantitative estimate of drug-likeness (QED) is 0.549. The number of hydrogen-bond donors (Lipinski definition) is 0. The Morgan fingerprint density at radius 2 is 1.24 bits per heavy atom. The second kappa shape index (κ2) is 17.0. The molecule has 0 aliphatic rings. The highest BCUT2D eigenvalue weighted by Crippen LogP contribution is 2.02. The summed E-state index contributed by atoms with van der Waals surface area (Å²) in [7, 11) is 0. The van der Waals surface area contributed by atoms with Crippen molar-refractivity contribution in [3.8, 4) is 0 Å². The standard InChI is InChI=1S/C9H8O2.3C2H6/c1-7(11)9-4-2-8(6-10)3-5-9;3*1-2/h2-6H,1H3;3*1-2H3. The van der Waals surface area contributed by atoms with Crippen LogP contribution in [0.5, 0.6) is 0 Å². The van der Waals surface area contributed by atoms with Crippen molar-refractivity contribution in [1.29, 1.82) is 0 Å². The Morgan fingerprint density at radius 1 is 0.882 bits per heavy atom. The smallest absolute Gasteiger partial charge is 0.159 e. The Morgan fingerprint density at radius 3 is 1.47 bits per heavy atom. The van der Waals surface area contributed by atoms with E-state index in [4.69, 9.17) is 0 Å². The average Bonchev–Trinajstić information content (AvgIpc) is 2.45. The molecule has 0 saturated carbocycles. The van der Waals surface area contributed by atoms with Crippen LogP contribution in [-0.4, -0.2) is 12.1 Å². The van der Waals surface area contributed by atoms with Gasteiger partial charge in [0.1, 0.15) is 6.29 Å². The molecule has 0 amide bonds. The van der Waals surface area contributed by atoms with Crippen LogP contribution in [0.1, 0.15) is 69.2 Å². The van der Waals surface area contributed by atoms with Gasteiger partial charge in [-0.25, -0.2) is 0 Å². The molecule has 0 aromatic heterocycles. The molecular formula is C15H26O2. The molecule has 2 nitrogen and oxygen atoms in total. The molecule has 0 bridgehead atoms. The lowest BCUT2D eigenvalue weighted by Gasteiger charge is -1.93. The van der Waals surface area contributed by atoms with Crippen molar-refractivity contribution in [3.63, 3.8) is 0 Å². The Labute approximate surface area is 106 Å². The van der Waals surface area contributed by atoms with Gasteiger partial charge in [0.25, 0.3) is 0 Å². The minimum absolute atomic E-state index is 0.0162. The third-order valence-electron chi connectivity index (χ3n) is 1.45. The first-order valence-corrected chi connectivity index (χ1v) is 6.30. The van der Waals surface area contributed by atoms with Crippen LogP contribution in [0.25, 0.3) is 0 Å². The maximum absolute atomic E-state index is 10.8. The maximum atomic E-state index is 10.8. The monoisotopic (exact) mass is 238 g/mol. The minimum Gasteiger partial charge on any atom is -0.298 e. The molecule has 98 valence electrons. The molecule has 0 unspecified atom stereocenters. The fourth-order valence-corrected chi connectivity index (χ4v) is 0.796.